The van der Waals surface area contributed by atoms with Gasteiger partial charge in [0, 0.05) is 12.1 Å². The van der Waals surface area contributed by atoms with E-state index in [1.807, 2.05) is 12.1 Å². The smallest absolute Gasteiger partial charge is 0.00760 e. The molecule has 2 saturated heterocycles. The van der Waals surface area contributed by atoms with Crippen molar-refractivity contribution in [1.82, 2.24) is 5.32 Å². The molecule has 73 valence electrons. The van der Waals surface area contributed by atoms with Crippen LogP contribution in [-0.4, -0.2) is 12.1 Å². The molecule has 2 bridgehead atoms. The average Bonchev–Trinajstić information content (AvgIpc) is 2.59. The molecule has 2 aliphatic rings. The second-order valence-corrected chi connectivity index (χ2v) is 4.64. The van der Waals surface area contributed by atoms with Gasteiger partial charge >= 0.3 is 0 Å². The molecule has 2 atom stereocenters. The summed E-state index contributed by atoms with van der Waals surface area (Å²) in [5.41, 5.74) is 1.52. The molecule has 1 N–H and O–H groups in total. The van der Waals surface area contributed by atoms with Crippen LogP contribution in [0.5, 0.6) is 0 Å². The molecule has 1 aromatic carbocycles. The average molecular weight is 186 g/mol. The van der Waals surface area contributed by atoms with Crippen LogP contribution in [0.1, 0.15) is 37.2 Å². The summed E-state index contributed by atoms with van der Waals surface area (Å²) < 4.78 is 0. The van der Waals surface area contributed by atoms with Crippen LogP contribution in [0.4, 0.5) is 0 Å². The lowest BCUT2D eigenvalue weighted by Crippen LogP contribution is -2.37. The van der Waals surface area contributed by atoms with Crippen molar-refractivity contribution >= 4 is 0 Å². The summed E-state index contributed by atoms with van der Waals surface area (Å²) in [5, 5.41) is 3.68. The molecular weight excluding hydrogens is 170 g/mol. The highest BCUT2D eigenvalue weighted by molar-refractivity contribution is 5.21. The molecule has 0 aromatic heterocycles. The van der Waals surface area contributed by atoms with Crippen LogP contribution in [0.15, 0.2) is 24.3 Å². The summed E-state index contributed by atoms with van der Waals surface area (Å²) in [4.78, 5) is 0. The van der Waals surface area contributed by atoms with Gasteiger partial charge in [-0.3, -0.25) is 0 Å². The normalized spacial score (nSPS) is 35.9. The van der Waals surface area contributed by atoms with Gasteiger partial charge in [-0.15, -0.1) is 0 Å². The van der Waals surface area contributed by atoms with E-state index < -0.39 is 0 Å². The van der Waals surface area contributed by atoms with Crippen LogP contribution < -0.4 is 5.32 Å². The third kappa shape index (κ3) is 1.46. The first kappa shape index (κ1) is 8.49. The Balaban J connectivity index is 1.81. The SMILES string of the molecule is [c]1ccc(C2CC3CCC(C2)N3)cc1. The van der Waals surface area contributed by atoms with Crippen LogP contribution in [0.25, 0.3) is 0 Å². The predicted molar refractivity (Wildman–Crippen MR) is 57.2 cm³/mol. The summed E-state index contributed by atoms with van der Waals surface area (Å²) in [6.07, 6.45) is 5.45. The van der Waals surface area contributed by atoms with Crippen LogP contribution in [0.2, 0.25) is 0 Å². The lowest BCUT2D eigenvalue weighted by Gasteiger charge is -2.29. The number of piperidine rings is 1. The van der Waals surface area contributed by atoms with Crippen molar-refractivity contribution in [2.45, 2.75) is 43.7 Å². The number of benzene rings is 1. The summed E-state index contributed by atoms with van der Waals surface area (Å²) in [7, 11) is 0. The lowest BCUT2D eigenvalue weighted by molar-refractivity contribution is 0.363. The first-order chi connectivity index (χ1) is 6.92. The Hall–Kier alpha value is -0.820. The maximum atomic E-state index is 3.68. The van der Waals surface area contributed by atoms with Gasteiger partial charge in [0.05, 0.1) is 0 Å². The summed E-state index contributed by atoms with van der Waals surface area (Å²) in [6.45, 7) is 0. The molecule has 1 radical (unpaired) electrons. The zero-order valence-corrected chi connectivity index (χ0v) is 8.37. The van der Waals surface area contributed by atoms with E-state index in [0.717, 1.165) is 18.0 Å². The van der Waals surface area contributed by atoms with Gasteiger partial charge in [0.2, 0.25) is 0 Å². The van der Waals surface area contributed by atoms with Gasteiger partial charge in [-0.05, 0) is 43.2 Å². The van der Waals surface area contributed by atoms with Gasteiger partial charge in [-0.25, -0.2) is 0 Å². The largest absolute Gasteiger partial charge is 0.311 e. The molecule has 0 amide bonds. The monoisotopic (exact) mass is 186 g/mol. The van der Waals surface area contributed by atoms with Crippen molar-refractivity contribution in [3.8, 4) is 0 Å². The molecule has 2 fully saturated rings. The topological polar surface area (TPSA) is 12.0 Å². The molecule has 2 aliphatic heterocycles. The second-order valence-electron chi connectivity index (χ2n) is 4.64. The number of nitrogens with one attached hydrogen (secondary N) is 1. The maximum Gasteiger partial charge on any atom is 0.00760 e. The maximum absolute atomic E-state index is 3.68. The third-order valence-electron chi connectivity index (χ3n) is 3.69. The zero-order chi connectivity index (χ0) is 9.38. The zero-order valence-electron chi connectivity index (χ0n) is 8.37. The van der Waals surface area contributed by atoms with Crippen molar-refractivity contribution in [2.75, 3.05) is 0 Å². The first-order valence-electron chi connectivity index (χ1n) is 5.64. The van der Waals surface area contributed by atoms with Crippen molar-refractivity contribution in [1.29, 1.82) is 0 Å². The van der Waals surface area contributed by atoms with Crippen molar-refractivity contribution < 1.29 is 0 Å². The van der Waals surface area contributed by atoms with Crippen LogP contribution in [-0.2, 0) is 0 Å². The van der Waals surface area contributed by atoms with Gasteiger partial charge in [-0.2, -0.15) is 0 Å². The van der Waals surface area contributed by atoms with E-state index in [4.69, 9.17) is 0 Å². The fourth-order valence-electron chi connectivity index (χ4n) is 3.00. The van der Waals surface area contributed by atoms with E-state index in [1.165, 1.54) is 31.2 Å². The molecule has 2 unspecified atom stereocenters. The third-order valence-corrected chi connectivity index (χ3v) is 3.69. The summed E-state index contributed by atoms with van der Waals surface area (Å²) in [5.74, 6) is 0.795. The Morgan fingerprint density at radius 2 is 1.71 bits per heavy atom. The molecular formula is C13H16N. The number of hydrogen-bond donors (Lipinski definition) is 1. The minimum atomic E-state index is 0.794. The van der Waals surface area contributed by atoms with Crippen molar-refractivity contribution in [3.63, 3.8) is 0 Å². The molecule has 1 aromatic rings. The molecule has 1 heteroatoms. The molecule has 3 rings (SSSR count). The second kappa shape index (κ2) is 3.39. The van der Waals surface area contributed by atoms with Gasteiger partial charge in [0.1, 0.15) is 0 Å². The van der Waals surface area contributed by atoms with E-state index in [2.05, 4.69) is 23.5 Å². The van der Waals surface area contributed by atoms with Gasteiger partial charge < -0.3 is 5.32 Å². The Morgan fingerprint density at radius 3 is 2.36 bits per heavy atom. The molecule has 2 heterocycles. The standard InChI is InChI=1S/C13H16N/c1-2-4-10(5-3-1)11-8-12-6-7-13(9-11)14-12/h2-5,11-14H,6-9H2. The van der Waals surface area contributed by atoms with Crippen LogP contribution in [0, 0.1) is 6.07 Å². The van der Waals surface area contributed by atoms with Crippen LogP contribution in [0.3, 0.4) is 0 Å². The molecule has 0 spiro atoms. The highest BCUT2D eigenvalue weighted by Gasteiger charge is 2.33. The van der Waals surface area contributed by atoms with E-state index in [9.17, 15) is 0 Å². The minimum absolute atomic E-state index is 0.794. The quantitative estimate of drug-likeness (QED) is 0.710. The van der Waals surface area contributed by atoms with Crippen molar-refractivity contribution in [2.24, 2.45) is 0 Å². The predicted octanol–water partition coefficient (Wildman–Crippen LogP) is 2.48. The highest BCUT2D eigenvalue weighted by Crippen LogP contribution is 2.36. The fourth-order valence-corrected chi connectivity index (χ4v) is 3.00. The number of fused-ring (bicyclic) bond motifs is 2. The summed E-state index contributed by atoms with van der Waals surface area (Å²) >= 11 is 0. The van der Waals surface area contributed by atoms with E-state index in [-0.39, 0.29) is 0 Å². The molecule has 14 heavy (non-hydrogen) atoms. The van der Waals surface area contributed by atoms with Gasteiger partial charge in [0.15, 0.2) is 0 Å². The van der Waals surface area contributed by atoms with Crippen LogP contribution >= 0.6 is 0 Å². The van der Waals surface area contributed by atoms with Gasteiger partial charge in [-0.1, -0.05) is 24.3 Å². The van der Waals surface area contributed by atoms with E-state index in [0.29, 0.717) is 0 Å². The highest BCUT2D eigenvalue weighted by atomic mass is 15.0. The number of hydrogen-bond acceptors (Lipinski definition) is 1. The molecule has 0 aliphatic carbocycles. The molecule has 0 saturated carbocycles. The summed E-state index contributed by atoms with van der Waals surface area (Å²) in [6, 6.07) is 13.2. The Labute approximate surface area is 85.5 Å². The molecule has 1 nitrogen and oxygen atoms in total. The first-order valence-corrected chi connectivity index (χ1v) is 5.64. The van der Waals surface area contributed by atoms with Crippen molar-refractivity contribution in [3.05, 3.63) is 35.9 Å². The Bertz CT molecular complexity index is 294. The minimum Gasteiger partial charge on any atom is -0.311 e. The van der Waals surface area contributed by atoms with E-state index in [1.54, 1.807) is 0 Å². The Kier molecular flexibility index (Phi) is 2.06. The number of rotatable bonds is 1. The fraction of sp³-hybridized carbons (Fsp3) is 0.538. The van der Waals surface area contributed by atoms with Gasteiger partial charge in [0.25, 0.3) is 0 Å². The van der Waals surface area contributed by atoms with E-state index >= 15 is 0 Å². The lowest BCUT2D eigenvalue weighted by atomic mass is 9.86. The Morgan fingerprint density at radius 1 is 1.07 bits per heavy atom.